The maximum Gasteiger partial charge on any atom is 0.271 e. The maximum atomic E-state index is 14.2. The topological polar surface area (TPSA) is 96.0 Å². The van der Waals surface area contributed by atoms with Gasteiger partial charge < -0.3 is 4.74 Å². The molecule has 0 aromatic heterocycles. The van der Waals surface area contributed by atoms with Gasteiger partial charge in [-0.25, -0.2) is 4.39 Å². The van der Waals surface area contributed by atoms with Gasteiger partial charge in [0.05, 0.1) is 20.5 Å². The standard InChI is InChI=1S/C7H14F2O6S4.C6H14O.C6H14.C2H5F.CH3F.2CH4/c8-2-1-7(9,3-18(10,11)14-5-16)4-19(12,13)15-6-17;1-3-5-7-6-4-2;1-3-5-6-4-2;1-2-3;1-2;;/h16-17H,1-6H2;3-6H2,1-2H3;3-6H2,1-2H3;2H2,1H3;1H3;2*1H4. The molecule has 0 aliphatic carbocycles. The van der Waals surface area contributed by atoms with Crippen LogP contribution in [0.4, 0.5) is 17.6 Å². The van der Waals surface area contributed by atoms with E-state index in [1.807, 2.05) is 0 Å². The number of rotatable bonds is 17. The number of halogens is 4. The van der Waals surface area contributed by atoms with Crippen LogP contribution in [0.15, 0.2) is 0 Å². The van der Waals surface area contributed by atoms with Gasteiger partial charge in [0.15, 0.2) is 0 Å². The zero-order chi connectivity index (χ0) is 30.2. The van der Waals surface area contributed by atoms with Crippen LogP contribution >= 0.6 is 25.3 Å². The van der Waals surface area contributed by atoms with Crippen molar-refractivity contribution in [3.63, 3.8) is 0 Å². The number of thiol groups is 2. The van der Waals surface area contributed by atoms with E-state index in [-0.39, 0.29) is 21.5 Å². The van der Waals surface area contributed by atoms with Crippen LogP contribution in [0.1, 0.15) is 94.4 Å². The van der Waals surface area contributed by atoms with E-state index in [1.54, 1.807) is 0 Å². The van der Waals surface area contributed by atoms with Crippen molar-refractivity contribution in [1.29, 1.82) is 0 Å². The summed E-state index contributed by atoms with van der Waals surface area (Å²) in [5.74, 6) is -3.68. The van der Waals surface area contributed by atoms with Crippen molar-refractivity contribution in [2.45, 2.75) is 100 Å². The van der Waals surface area contributed by atoms with Crippen LogP contribution in [0.25, 0.3) is 0 Å². The molecule has 39 heavy (non-hydrogen) atoms. The van der Waals surface area contributed by atoms with Crippen molar-refractivity contribution >= 4 is 45.5 Å². The Morgan fingerprint density at radius 1 is 0.692 bits per heavy atom. The van der Waals surface area contributed by atoms with E-state index in [4.69, 9.17) is 4.74 Å². The Kier molecular flexibility index (Phi) is 57.1. The lowest BCUT2D eigenvalue weighted by atomic mass is 10.1. The van der Waals surface area contributed by atoms with Crippen LogP contribution in [0.3, 0.4) is 0 Å². The van der Waals surface area contributed by atoms with Crippen LogP contribution in [0.5, 0.6) is 0 Å². The molecule has 7 nitrogen and oxygen atoms in total. The first kappa shape index (κ1) is 55.2. The minimum Gasteiger partial charge on any atom is -0.381 e. The van der Waals surface area contributed by atoms with Gasteiger partial charge in [-0.2, -0.15) is 16.8 Å². The maximum absolute atomic E-state index is 14.2. The van der Waals surface area contributed by atoms with Gasteiger partial charge in [-0.3, -0.25) is 21.5 Å². The minimum absolute atomic E-state index is 0. The second-order valence-corrected chi connectivity index (χ2v) is 10.9. The molecule has 0 saturated carbocycles. The Labute approximate surface area is 249 Å². The lowest BCUT2D eigenvalue weighted by Crippen LogP contribution is -2.41. The van der Waals surface area contributed by atoms with Crippen molar-refractivity contribution in [2.75, 3.05) is 57.1 Å². The third-order valence-electron chi connectivity index (χ3n) is 3.53. The lowest BCUT2D eigenvalue weighted by Gasteiger charge is -2.22. The van der Waals surface area contributed by atoms with Gasteiger partial charge in [0, 0.05) is 19.6 Å². The molecule has 0 aromatic carbocycles. The summed E-state index contributed by atoms with van der Waals surface area (Å²) in [4.78, 5) is 0. The van der Waals surface area contributed by atoms with Crippen LogP contribution < -0.4 is 0 Å². The molecule has 0 aromatic rings. The average molecular weight is 663 g/mol. The Morgan fingerprint density at radius 3 is 1.21 bits per heavy atom. The zero-order valence-corrected chi connectivity index (χ0v) is 26.6. The fourth-order valence-corrected chi connectivity index (χ4v) is 5.46. The second kappa shape index (κ2) is 40.3. The molecule has 0 spiro atoms. The van der Waals surface area contributed by atoms with E-state index >= 15 is 0 Å². The highest BCUT2D eigenvalue weighted by Crippen LogP contribution is 2.23. The van der Waals surface area contributed by atoms with Crippen LogP contribution in [-0.2, 0) is 33.3 Å². The minimum atomic E-state index is -4.36. The fourth-order valence-electron chi connectivity index (χ4n) is 2.12. The molecule has 0 bridgehead atoms. The van der Waals surface area contributed by atoms with E-state index in [0.717, 1.165) is 26.1 Å². The van der Waals surface area contributed by atoms with Crippen molar-refractivity contribution in [3.05, 3.63) is 0 Å². The van der Waals surface area contributed by atoms with Crippen molar-refractivity contribution in [1.82, 2.24) is 0 Å². The molecule has 0 fully saturated rings. The van der Waals surface area contributed by atoms with Gasteiger partial charge in [0.25, 0.3) is 20.2 Å². The monoisotopic (exact) mass is 662 g/mol. The first-order valence-electron chi connectivity index (χ1n) is 12.1. The molecule has 0 atom stereocenters. The molecule has 0 unspecified atom stereocenters. The van der Waals surface area contributed by atoms with Crippen molar-refractivity contribution in [3.8, 4) is 0 Å². The fraction of sp³-hybridized carbons (Fsp3) is 1.00. The first-order chi connectivity index (χ1) is 17.3. The van der Waals surface area contributed by atoms with Crippen LogP contribution in [0, 0.1) is 0 Å². The molecule has 0 rings (SSSR count). The quantitative estimate of drug-likeness (QED) is 0.0540. The highest BCUT2D eigenvalue weighted by molar-refractivity contribution is 7.88. The normalized spacial score (nSPS) is 10.4. The lowest BCUT2D eigenvalue weighted by molar-refractivity contribution is 0.135. The molecule has 0 saturated heterocycles. The summed E-state index contributed by atoms with van der Waals surface area (Å²) in [6, 6.07) is 0. The van der Waals surface area contributed by atoms with E-state index in [9.17, 15) is 34.4 Å². The summed E-state index contributed by atoms with van der Waals surface area (Å²) in [6.07, 6.45) is 6.89. The predicted molar refractivity (Wildman–Crippen MR) is 165 cm³/mol. The summed E-state index contributed by atoms with van der Waals surface area (Å²) in [5, 5.41) is 0. The number of alkyl halides is 4. The molecular weight excluding hydrogens is 605 g/mol. The van der Waals surface area contributed by atoms with Gasteiger partial charge in [-0.05, 0) is 19.8 Å². The van der Waals surface area contributed by atoms with Crippen LogP contribution in [-0.4, -0.2) is 79.6 Å². The van der Waals surface area contributed by atoms with Crippen LogP contribution in [0.2, 0.25) is 0 Å². The van der Waals surface area contributed by atoms with Crippen molar-refractivity contribution in [2.24, 2.45) is 0 Å². The van der Waals surface area contributed by atoms with E-state index in [1.165, 1.54) is 32.6 Å². The Bertz CT molecular complexity index is 582. The number of hydrogen-bond donors (Lipinski definition) is 2. The summed E-state index contributed by atoms with van der Waals surface area (Å²) in [5.41, 5.74) is -2.85. The molecule has 0 radical (unpaired) electrons. The summed E-state index contributed by atoms with van der Waals surface area (Å²) in [6.45, 7) is 10.5. The highest BCUT2D eigenvalue weighted by atomic mass is 32.2. The summed E-state index contributed by atoms with van der Waals surface area (Å²) >= 11 is 6.97. The Balaban J connectivity index is -0.0000000846. The smallest absolute Gasteiger partial charge is 0.271 e. The predicted octanol–water partition coefficient (Wildman–Crippen LogP) is 7.77. The SMILES string of the molecule is C.C.CCCCCC.CCCOCCC.CCF.CF.O=S(=O)(CC(F)(CCF)CS(=O)(=O)OCS)OCS. The first-order valence-corrected chi connectivity index (χ1v) is 16.5. The number of hydrogen-bond acceptors (Lipinski definition) is 9. The van der Waals surface area contributed by atoms with Gasteiger partial charge in [-0.15, -0.1) is 25.3 Å². The second-order valence-electron chi connectivity index (χ2n) is 7.07. The third-order valence-corrected chi connectivity index (χ3v) is 6.84. The number of ether oxygens (including phenoxy) is 1. The molecule has 0 heterocycles. The van der Waals surface area contributed by atoms with E-state index < -0.39 is 62.4 Å². The average Bonchev–Trinajstić information content (AvgIpc) is 2.79. The molecule has 0 aliphatic rings. The molecule has 15 heteroatoms. The zero-order valence-electron chi connectivity index (χ0n) is 23.2. The summed E-state index contributed by atoms with van der Waals surface area (Å²) < 4.78 is 105. The van der Waals surface area contributed by atoms with E-state index in [2.05, 4.69) is 61.3 Å². The third kappa shape index (κ3) is 51.4. The largest absolute Gasteiger partial charge is 0.381 e. The van der Waals surface area contributed by atoms with Crippen molar-refractivity contribution < 1.29 is 47.5 Å². The van der Waals surface area contributed by atoms with E-state index in [0.29, 0.717) is 7.18 Å². The Hall–Kier alpha value is 0.200. The number of unbranched alkanes of at least 4 members (excludes halogenated alkanes) is 3. The molecule has 0 amide bonds. The molecule has 0 aliphatic heterocycles. The van der Waals surface area contributed by atoms with Gasteiger partial charge in [0.1, 0.15) is 29.1 Å². The Morgan fingerprint density at radius 2 is 1.00 bits per heavy atom. The molecule has 248 valence electrons. The van der Waals surface area contributed by atoms with Gasteiger partial charge >= 0.3 is 0 Å². The highest BCUT2D eigenvalue weighted by Gasteiger charge is 2.40. The summed E-state index contributed by atoms with van der Waals surface area (Å²) in [7, 11) is -8.21. The molecular formula is C24H58F4O7S4. The van der Waals surface area contributed by atoms with Gasteiger partial charge in [0.2, 0.25) is 0 Å². The molecule has 0 N–H and O–H groups in total. The van der Waals surface area contributed by atoms with Gasteiger partial charge in [-0.1, -0.05) is 68.2 Å².